The lowest BCUT2D eigenvalue weighted by atomic mass is 9.98. The molecule has 2 rings (SSSR count). The predicted molar refractivity (Wildman–Crippen MR) is 91.5 cm³/mol. The van der Waals surface area contributed by atoms with Crippen LogP contribution >= 0.6 is 0 Å². The zero-order chi connectivity index (χ0) is 18.6. The summed E-state index contributed by atoms with van der Waals surface area (Å²) in [7, 11) is 0. The van der Waals surface area contributed by atoms with Crippen molar-refractivity contribution in [1.82, 2.24) is 5.32 Å². The summed E-state index contributed by atoms with van der Waals surface area (Å²) in [5.41, 5.74) is 2.04. The highest BCUT2D eigenvalue weighted by molar-refractivity contribution is 5.91. The van der Waals surface area contributed by atoms with E-state index >= 15 is 0 Å². The van der Waals surface area contributed by atoms with Crippen molar-refractivity contribution in [3.8, 4) is 0 Å². The fourth-order valence-corrected chi connectivity index (χ4v) is 2.57. The van der Waals surface area contributed by atoms with Gasteiger partial charge in [-0.3, -0.25) is 4.79 Å². The van der Waals surface area contributed by atoms with Crippen LogP contribution in [0, 0.1) is 0 Å². The topological polar surface area (TPSA) is 119 Å². The van der Waals surface area contributed by atoms with Crippen molar-refractivity contribution < 1.29 is 30.0 Å². The van der Waals surface area contributed by atoms with Crippen LogP contribution in [0.3, 0.4) is 0 Å². The van der Waals surface area contributed by atoms with Gasteiger partial charge in [-0.05, 0) is 23.1 Å². The number of hydrogen-bond donors (Lipinski definition) is 5. The fourth-order valence-electron chi connectivity index (χ4n) is 2.57. The number of carbonyl (C=O) groups is 1. The summed E-state index contributed by atoms with van der Waals surface area (Å²) in [4.78, 5) is 12.0. The molecule has 1 saturated heterocycles. The van der Waals surface area contributed by atoms with E-state index in [1.165, 1.54) is 11.6 Å². The Balaban J connectivity index is 1.96. The average Bonchev–Trinajstić information content (AvgIpc) is 2.60. The van der Waals surface area contributed by atoms with Gasteiger partial charge in [0.1, 0.15) is 24.4 Å². The van der Waals surface area contributed by atoms with Gasteiger partial charge in [0.05, 0.1) is 6.61 Å². The van der Waals surface area contributed by atoms with Crippen LogP contribution in [-0.2, 0) is 9.53 Å². The molecule has 7 nitrogen and oxygen atoms in total. The molecule has 0 aliphatic carbocycles. The number of hydrogen-bond acceptors (Lipinski definition) is 6. The molecule has 0 unspecified atom stereocenters. The molecule has 1 amide bonds. The van der Waals surface area contributed by atoms with E-state index in [1.807, 2.05) is 24.3 Å². The molecule has 1 aromatic carbocycles. The predicted octanol–water partition coefficient (Wildman–Crippen LogP) is -0.261. The Morgan fingerprint density at radius 2 is 1.80 bits per heavy atom. The zero-order valence-electron chi connectivity index (χ0n) is 14.2. The molecule has 1 aliphatic rings. The lowest BCUT2D eigenvalue weighted by molar-refractivity contribution is -0.235. The molecule has 1 aromatic rings. The summed E-state index contributed by atoms with van der Waals surface area (Å²) >= 11 is 0. The maximum atomic E-state index is 12.0. The third-order valence-corrected chi connectivity index (χ3v) is 4.21. The molecule has 1 heterocycles. The largest absolute Gasteiger partial charge is 0.394 e. The van der Waals surface area contributed by atoms with Gasteiger partial charge < -0.3 is 30.5 Å². The number of nitrogens with one attached hydrogen (secondary N) is 1. The number of aliphatic hydroxyl groups excluding tert-OH is 4. The summed E-state index contributed by atoms with van der Waals surface area (Å²) < 4.78 is 5.22. The molecule has 138 valence electrons. The van der Waals surface area contributed by atoms with Crippen molar-refractivity contribution in [2.24, 2.45) is 0 Å². The molecule has 25 heavy (non-hydrogen) atoms. The van der Waals surface area contributed by atoms with Gasteiger partial charge in [-0.15, -0.1) is 0 Å². The minimum absolute atomic E-state index is 0.424. The Morgan fingerprint density at radius 3 is 2.36 bits per heavy atom. The lowest BCUT2D eigenvalue weighted by Crippen LogP contribution is -2.63. The van der Waals surface area contributed by atoms with Gasteiger partial charge in [0.2, 0.25) is 5.91 Å². The Kier molecular flexibility index (Phi) is 6.69. The average molecular weight is 351 g/mol. The maximum Gasteiger partial charge on any atom is 0.246 e. The highest BCUT2D eigenvalue weighted by Crippen LogP contribution is 2.20. The number of carbonyl (C=O) groups excluding carboxylic acids is 1. The van der Waals surface area contributed by atoms with Crippen molar-refractivity contribution >= 4 is 12.0 Å². The first-order valence-corrected chi connectivity index (χ1v) is 8.22. The molecule has 0 aromatic heterocycles. The lowest BCUT2D eigenvalue weighted by Gasteiger charge is -2.39. The van der Waals surface area contributed by atoms with Crippen LogP contribution in [0.5, 0.6) is 0 Å². The van der Waals surface area contributed by atoms with Crippen LogP contribution in [-0.4, -0.2) is 63.6 Å². The van der Waals surface area contributed by atoms with E-state index in [0.717, 1.165) is 5.56 Å². The molecule has 0 spiro atoms. The molecular weight excluding hydrogens is 326 g/mol. The van der Waals surface area contributed by atoms with E-state index in [-0.39, 0.29) is 0 Å². The standard InChI is InChI=1S/C18H25NO6/c1-10(2)12-6-3-11(4-7-12)5-8-14(21)19-18-17(24)16(23)15(22)13(9-20)25-18/h3-8,10,13,15-18,20,22-24H,9H2,1-2H3,(H,19,21)/b8-5+/t13-,15-,16+,17-,18-/m1/s1. The van der Waals surface area contributed by atoms with Gasteiger partial charge in [0.25, 0.3) is 0 Å². The minimum atomic E-state index is -1.52. The molecule has 7 heteroatoms. The molecule has 0 bridgehead atoms. The maximum absolute atomic E-state index is 12.0. The number of amides is 1. The van der Waals surface area contributed by atoms with Gasteiger partial charge in [-0.2, -0.15) is 0 Å². The first kappa shape index (κ1) is 19.6. The van der Waals surface area contributed by atoms with Crippen LogP contribution in [0.4, 0.5) is 0 Å². The van der Waals surface area contributed by atoms with Crippen molar-refractivity contribution in [2.45, 2.75) is 50.4 Å². The first-order valence-electron chi connectivity index (χ1n) is 8.22. The van der Waals surface area contributed by atoms with Crippen LogP contribution in [0.1, 0.15) is 30.9 Å². The number of benzene rings is 1. The van der Waals surface area contributed by atoms with Crippen molar-refractivity contribution in [2.75, 3.05) is 6.61 Å². The van der Waals surface area contributed by atoms with Crippen LogP contribution in [0.15, 0.2) is 30.3 Å². The first-order chi connectivity index (χ1) is 11.8. The Morgan fingerprint density at radius 1 is 1.16 bits per heavy atom. The van der Waals surface area contributed by atoms with Gasteiger partial charge in [0.15, 0.2) is 6.23 Å². The molecule has 1 aliphatic heterocycles. The SMILES string of the molecule is CC(C)c1ccc(/C=C/C(=O)N[C@@H]2O[C@H](CO)[C@@H](O)[C@H](O)[C@H]2O)cc1. The van der Waals surface area contributed by atoms with E-state index in [4.69, 9.17) is 9.84 Å². The van der Waals surface area contributed by atoms with Crippen LogP contribution in [0.2, 0.25) is 0 Å². The van der Waals surface area contributed by atoms with Crippen molar-refractivity contribution in [1.29, 1.82) is 0 Å². The van der Waals surface area contributed by atoms with Gasteiger partial charge in [0, 0.05) is 6.08 Å². The summed E-state index contributed by atoms with van der Waals surface area (Å²) in [5.74, 6) is -0.107. The van der Waals surface area contributed by atoms with E-state index < -0.39 is 43.2 Å². The van der Waals surface area contributed by atoms with Crippen molar-refractivity contribution in [3.63, 3.8) is 0 Å². The quantitative estimate of drug-likeness (QED) is 0.466. The van der Waals surface area contributed by atoms with Crippen molar-refractivity contribution in [3.05, 3.63) is 41.5 Å². The summed E-state index contributed by atoms with van der Waals surface area (Å²) in [6, 6.07) is 7.76. The van der Waals surface area contributed by atoms with Gasteiger partial charge in [-0.25, -0.2) is 0 Å². The third kappa shape index (κ3) is 4.87. The molecule has 5 N–H and O–H groups in total. The molecule has 0 saturated carbocycles. The monoisotopic (exact) mass is 351 g/mol. The fraction of sp³-hybridized carbons (Fsp3) is 0.500. The number of aliphatic hydroxyl groups is 4. The second-order valence-corrected chi connectivity index (χ2v) is 6.41. The van der Waals surface area contributed by atoms with Gasteiger partial charge >= 0.3 is 0 Å². The highest BCUT2D eigenvalue weighted by Gasteiger charge is 2.43. The van der Waals surface area contributed by atoms with E-state index in [1.54, 1.807) is 6.08 Å². The van der Waals surface area contributed by atoms with E-state index in [0.29, 0.717) is 5.92 Å². The second kappa shape index (κ2) is 8.55. The normalized spacial score (nSPS) is 30.0. The Labute approximate surface area is 146 Å². The van der Waals surface area contributed by atoms with Crippen LogP contribution in [0.25, 0.3) is 6.08 Å². The number of ether oxygens (including phenoxy) is 1. The Hall–Kier alpha value is -1.77. The van der Waals surface area contributed by atoms with E-state index in [2.05, 4.69) is 19.2 Å². The summed E-state index contributed by atoms with van der Waals surface area (Å²) in [5, 5.41) is 40.8. The second-order valence-electron chi connectivity index (χ2n) is 6.41. The smallest absolute Gasteiger partial charge is 0.246 e. The van der Waals surface area contributed by atoms with E-state index in [9.17, 15) is 20.1 Å². The summed E-state index contributed by atoms with van der Waals surface area (Å²) in [6.45, 7) is 3.65. The highest BCUT2D eigenvalue weighted by atomic mass is 16.6. The Bertz CT molecular complexity index is 598. The van der Waals surface area contributed by atoms with Crippen LogP contribution < -0.4 is 5.32 Å². The third-order valence-electron chi connectivity index (χ3n) is 4.21. The van der Waals surface area contributed by atoms with Gasteiger partial charge in [-0.1, -0.05) is 38.1 Å². The number of rotatable bonds is 5. The zero-order valence-corrected chi connectivity index (χ0v) is 14.2. The minimum Gasteiger partial charge on any atom is -0.394 e. The molecule has 1 fully saturated rings. The molecule has 5 atom stereocenters. The molecule has 0 radical (unpaired) electrons. The summed E-state index contributed by atoms with van der Waals surface area (Å²) in [6.07, 6.45) is -3.87. The molecular formula is C18H25NO6.